The molecule has 3 rings (SSSR count). The molecule has 24 heavy (non-hydrogen) atoms. The molecule has 0 amide bonds. The topological polar surface area (TPSA) is 77.6 Å². The van der Waals surface area contributed by atoms with Crippen LogP contribution in [-0.2, 0) is 6.61 Å². The number of aromatic nitrogens is 2. The minimum atomic E-state index is -0.664. The van der Waals surface area contributed by atoms with Gasteiger partial charge in [-0.3, -0.25) is 0 Å². The van der Waals surface area contributed by atoms with Crippen molar-refractivity contribution in [2.75, 3.05) is 6.61 Å². The van der Waals surface area contributed by atoms with Crippen LogP contribution in [0.25, 0.3) is 0 Å². The highest BCUT2D eigenvalue weighted by Crippen LogP contribution is 2.20. The van der Waals surface area contributed by atoms with Gasteiger partial charge < -0.3 is 19.1 Å². The van der Waals surface area contributed by atoms with E-state index in [2.05, 4.69) is 10.1 Å². The first kappa shape index (κ1) is 16.0. The van der Waals surface area contributed by atoms with Gasteiger partial charge in [0.05, 0.1) is 0 Å². The lowest BCUT2D eigenvalue weighted by Gasteiger charge is -2.13. The lowest BCUT2D eigenvalue weighted by molar-refractivity contribution is 0.108. The van der Waals surface area contributed by atoms with Crippen LogP contribution in [-0.4, -0.2) is 21.9 Å². The molecule has 3 aromatic rings. The third-order valence-corrected chi connectivity index (χ3v) is 3.35. The second-order valence-corrected chi connectivity index (χ2v) is 5.23. The molecule has 1 heterocycles. The lowest BCUT2D eigenvalue weighted by Crippen LogP contribution is -2.09. The fraction of sp³-hybridized carbons (Fsp3) is 0.222. The van der Waals surface area contributed by atoms with Gasteiger partial charge in [-0.2, -0.15) is 4.98 Å². The number of aliphatic hydroxyl groups excluding tert-OH is 1. The smallest absolute Gasteiger partial charge is 0.264 e. The SMILES string of the molecule is Cc1noc(COc2ccc(OCC(O)c3ccccc3)cc2)n1. The van der Waals surface area contributed by atoms with E-state index in [4.69, 9.17) is 14.0 Å². The van der Waals surface area contributed by atoms with Crippen LogP contribution in [0.4, 0.5) is 0 Å². The zero-order valence-electron chi connectivity index (χ0n) is 13.3. The minimum Gasteiger partial charge on any atom is -0.491 e. The molecule has 1 unspecified atom stereocenters. The molecule has 0 saturated heterocycles. The molecule has 1 atom stereocenters. The molecule has 0 spiro atoms. The Hall–Kier alpha value is -2.86. The summed E-state index contributed by atoms with van der Waals surface area (Å²) in [5, 5.41) is 13.8. The van der Waals surface area contributed by atoms with Crippen molar-refractivity contribution >= 4 is 0 Å². The van der Waals surface area contributed by atoms with Crippen LogP contribution < -0.4 is 9.47 Å². The summed E-state index contributed by atoms with van der Waals surface area (Å²) in [5.41, 5.74) is 0.826. The lowest BCUT2D eigenvalue weighted by atomic mass is 10.1. The van der Waals surface area contributed by atoms with Crippen molar-refractivity contribution in [2.24, 2.45) is 0 Å². The van der Waals surface area contributed by atoms with Gasteiger partial charge >= 0.3 is 0 Å². The standard InChI is InChI=1S/C18H18N2O4/c1-13-19-18(24-20-13)12-23-16-9-7-15(8-10-16)22-11-17(21)14-5-3-2-4-6-14/h2-10,17,21H,11-12H2,1H3. The molecule has 1 N–H and O–H groups in total. The molecule has 0 radical (unpaired) electrons. The molecule has 124 valence electrons. The second-order valence-electron chi connectivity index (χ2n) is 5.23. The van der Waals surface area contributed by atoms with Gasteiger partial charge in [-0.15, -0.1) is 0 Å². The Bertz CT molecular complexity index is 756. The molecule has 0 aliphatic rings. The summed E-state index contributed by atoms with van der Waals surface area (Å²) in [4.78, 5) is 4.07. The summed E-state index contributed by atoms with van der Waals surface area (Å²) in [6.45, 7) is 2.16. The van der Waals surface area contributed by atoms with Crippen LogP contribution in [0.2, 0.25) is 0 Å². The van der Waals surface area contributed by atoms with Crippen molar-refractivity contribution in [3.63, 3.8) is 0 Å². The molecule has 0 aliphatic carbocycles. The number of benzene rings is 2. The van der Waals surface area contributed by atoms with Crippen molar-refractivity contribution in [3.8, 4) is 11.5 Å². The molecule has 0 saturated carbocycles. The zero-order chi connectivity index (χ0) is 16.8. The Labute approximate surface area is 139 Å². The van der Waals surface area contributed by atoms with Crippen molar-refractivity contribution < 1.29 is 19.1 Å². The first-order chi connectivity index (χ1) is 11.7. The van der Waals surface area contributed by atoms with E-state index in [9.17, 15) is 5.11 Å². The molecule has 0 fully saturated rings. The second kappa shape index (κ2) is 7.61. The van der Waals surface area contributed by atoms with Crippen LogP contribution in [0, 0.1) is 6.92 Å². The van der Waals surface area contributed by atoms with E-state index in [1.54, 1.807) is 31.2 Å². The molecular formula is C18H18N2O4. The highest BCUT2D eigenvalue weighted by molar-refractivity contribution is 5.31. The summed E-state index contributed by atoms with van der Waals surface area (Å²) in [6, 6.07) is 16.5. The van der Waals surface area contributed by atoms with Crippen LogP contribution in [0.3, 0.4) is 0 Å². The quantitative estimate of drug-likeness (QED) is 0.719. The maximum Gasteiger partial charge on any atom is 0.264 e. The molecule has 1 aromatic heterocycles. The van der Waals surface area contributed by atoms with Gasteiger partial charge in [0.1, 0.15) is 24.2 Å². The zero-order valence-corrected chi connectivity index (χ0v) is 13.3. The van der Waals surface area contributed by atoms with Gasteiger partial charge in [-0.05, 0) is 36.8 Å². The van der Waals surface area contributed by atoms with E-state index in [0.717, 1.165) is 5.56 Å². The molecule has 6 heteroatoms. The fourth-order valence-corrected chi connectivity index (χ4v) is 2.12. The summed E-state index contributed by atoms with van der Waals surface area (Å²) >= 11 is 0. The summed E-state index contributed by atoms with van der Waals surface area (Å²) in [5.74, 6) is 2.33. The van der Waals surface area contributed by atoms with Crippen molar-refractivity contribution in [1.82, 2.24) is 10.1 Å². The maximum absolute atomic E-state index is 10.1. The van der Waals surface area contributed by atoms with Crippen molar-refractivity contribution in [3.05, 3.63) is 71.9 Å². The van der Waals surface area contributed by atoms with Crippen LogP contribution in [0.15, 0.2) is 59.1 Å². The summed E-state index contributed by atoms with van der Waals surface area (Å²) in [6.07, 6.45) is -0.664. The maximum atomic E-state index is 10.1. The van der Waals surface area contributed by atoms with Gasteiger partial charge in [-0.25, -0.2) is 0 Å². The van der Waals surface area contributed by atoms with Crippen LogP contribution in [0.1, 0.15) is 23.4 Å². The third-order valence-electron chi connectivity index (χ3n) is 3.35. The predicted octanol–water partition coefficient (Wildman–Crippen LogP) is 3.07. The van der Waals surface area contributed by atoms with Crippen molar-refractivity contribution in [1.29, 1.82) is 0 Å². The Balaban J connectivity index is 1.49. The van der Waals surface area contributed by atoms with Crippen LogP contribution in [0.5, 0.6) is 11.5 Å². The number of hydrogen-bond donors (Lipinski definition) is 1. The summed E-state index contributed by atoms with van der Waals surface area (Å²) < 4.78 is 16.1. The van der Waals surface area contributed by atoms with Crippen molar-refractivity contribution in [2.45, 2.75) is 19.6 Å². The number of nitrogens with zero attached hydrogens (tertiary/aromatic N) is 2. The minimum absolute atomic E-state index is 0.186. The number of aryl methyl sites for hydroxylation is 1. The van der Waals surface area contributed by atoms with Crippen LogP contribution >= 0.6 is 0 Å². The molecule has 6 nitrogen and oxygen atoms in total. The Morgan fingerprint density at radius 3 is 2.29 bits per heavy atom. The highest BCUT2D eigenvalue weighted by Gasteiger charge is 2.08. The third kappa shape index (κ3) is 4.33. The van der Waals surface area contributed by atoms with E-state index >= 15 is 0 Å². The van der Waals surface area contributed by atoms with E-state index < -0.39 is 6.10 Å². The molecular weight excluding hydrogens is 308 g/mol. The number of rotatable bonds is 7. The van der Waals surface area contributed by atoms with E-state index in [1.807, 2.05) is 30.3 Å². The average Bonchev–Trinajstić information content (AvgIpc) is 3.05. The number of ether oxygens (including phenoxy) is 2. The molecule has 0 bridgehead atoms. The first-order valence-electron chi connectivity index (χ1n) is 7.58. The normalized spacial score (nSPS) is 11.9. The highest BCUT2D eigenvalue weighted by atomic mass is 16.5. The Morgan fingerprint density at radius 2 is 1.67 bits per heavy atom. The van der Waals surface area contributed by atoms with E-state index in [-0.39, 0.29) is 13.2 Å². The Morgan fingerprint density at radius 1 is 1.00 bits per heavy atom. The van der Waals surface area contributed by atoms with Gasteiger partial charge in [0.2, 0.25) is 0 Å². The molecule has 0 aliphatic heterocycles. The largest absolute Gasteiger partial charge is 0.491 e. The monoisotopic (exact) mass is 326 g/mol. The average molecular weight is 326 g/mol. The molecule has 2 aromatic carbocycles. The van der Waals surface area contributed by atoms with Gasteiger partial charge in [0.15, 0.2) is 12.4 Å². The Kier molecular flexibility index (Phi) is 5.08. The fourth-order valence-electron chi connectivity index (χ4n) is 2.12. The number of aliphatic hydroxyl groups is 1. The number of hydrogen-bond acceptors (Lipinski definition) is 6. The predicted molar refractivity (Wildman–Crippen MR) is 86.7 cm³/mol. The van der Waals surface area contributed by atoms with E-state index in [0.29, 0.717) is 23.2 Å². The van der Waals surface area contributed by atoms with Gasteiger partial charge in [0, 0.05) is 0 Å². The summed E-state index contributed by atoms with van der Waals surface area (Å²) in [7, 11) is 0. The van der Waals surface area contributed by atoms with Gasteiger partial charge in [-0.1, -0.05) is 35.5 Å². The van der Waals surface area contributed by atoms with Gasteiger partial charge in [0.25, 0.3) is 5.89 Å². The first-order valence-corrected chi connectivity index (χ1v) is 7.58. The van der Waals surface area contributed by atoms with E-state index in [1.165, 1.54) is 0 Å².